The van der Waals surface area contributed by atoms with E-state index in [9.17, 15) is 5.11 Å². The molecule has 0 saturated heterocycles. The van der Waals surface area contributed by atoms with Crippen LogP contribution in [-0.4, -0.2) is 10.5 Å². The first-order valence-electron chi connectivity index (χ1n) is 5.07. The Balaban J connectivity index is 2.15. The van der Waals surface area contributed by atoms with Crippen molar-refractivity contribution in [1.82, 2.24) is 4.49 Å². The van der Waals surface area contributed by atoms with Crippen molar-refractivity contribution in [1.29, 1.82) is 0 Å². The smallest absolute Gasteiger partial charge is 0.243 e. The molecule has 0 spiro atoms. The van der Waals surface area contributed by atoms with Crippen LogP contribution < -0.4 is 15.1 Å². The number of aryl methyl sites for hydroxylation is 1. The van der Waals surface area contributed by atoms with Crippen LogP contribution in [0.5, 0.6) is 0 Å². The quantitative estimate of drug-likeness (QED) is 0.484. The summed E-state index contributed by atoms with van der Waals surface area (Å²) in [5.41, 5.74) is 1.60. The van der Waals surface area contributed by atoms with Gasteiger partial charge in [0.05, 0.1) is 22.0 Å². The second-order valence-electron chi connectivity index (χ2n) is 3.50. The first kappa shape index (κ1) is 11.5. The van der Waals surface area contributed by atoms with Crippen LogP contribution in [0.15, 0.2) is 35.3 Å². The number of aliphatic imine (C=N–C) groups is 1. The molecule has 0 saturated carbocycles. The molecular formula is C11H12N4OS. The van der Waals surface area contributed by atoms with E-state index in [-0.39, 0.29) is 6.02 Å². The number of para-hydroxylation sites is 1. The van der Waals surface area contributed by atoms with Gasteiger partial charge in [-0.05, 0) is 12.1 Å². The molecule has 17 heavy (non-hydrogen) atoms. The molecule has 0 aliphatic heterocycles. The Hall–Kier alpha value is -1.95. The van der Waals surface area contributed by atoms with Gasteiger partial charge >= 0.3 is 0 Å². The number of nitrogens with one attached hydrogen (secondary N) is 1. The number of benzene rings is 1. The molecule has 0 atom stereocenters. The van der Waals surface area contributed by atoms with Gasteiger partial charge in [0.2, 0.25) is 10.7 Å². The minimum Gasteiger partial charge on any atom is -0.846 e. The van der Waals surface area contributed by atoms with Crippen molar-refractivity contribution in [3.05, 3.63) is 36.0 Å². The maximum atomic E-state index is 11.6. The van der Waals surface area contributed by atoms with Gasteiger partial charge in [0.1, 0.15) is 0 Å². The molecule has 0 unspecified atom stereocenters. The molecule has 1 N–H and O–H groups in total. The van der Waals surface area contributed by atoms with Crippen molar-refractivity contribution < 1.29 is 9.79 Å². The van der Waals surface area contributed by atoms with E-state index < -0.39 is 0 Å². The molecule has 1 aromatic heterocycles. The van der Waals surface area contributed by atoms with Gasteiger partial charge in [-0.15, -0.1) is 0 Å². The fourth-order valence-electron chi connectivity index (χ4n) is 1.23. The van der Waals surface area contributed by atoms with Crippen LogP contribution in [0.25, 0.3) is 0 Å². The van der Waals surface area contributed by atoms with Gasteiger partial charge in [-0.3, -0.25) is 0 Å². The van der Waals surface area contributed by atoms with Crippen molar-refractivity contribution in [3.8, 4) is 0 Å². The summed E-state index contributed by atoms with van der Waals surface area (Å²) in [6.07, 6.45) is 0. The maximum Gasteiger partial charge on any atom is 0.243 e. The van der Waals surface area contributed by atoms with E-state index in [4.69, 9.17) is 0 Å². The molecule has 88 valence electrons. The highest BCUT2D eigenvalue weighted by Gasteiger charge is 2.12. The van der Waals surface area contributed by atoms with Crippen LogP contribution in [0.1, 0.15) is 5.69 Å². The molecule has 0 radical (unpaired) electrons. The first-order chi connectivity index (χ1) is 8.16. The lowest BCUT2D eigenvalue weighted by atomic mass is 10.3. The highest BCUT2D eigenvalue weighted by molar-refractivity contribution is 7.09. The molecule has 1 aromatic carbocycles. The molecule has 1 heterocycles. The third-order valence-corrected chi connectivity index (χ3v) is 3.16. The number of hydrogen-bond donors (Lipinski definition) is 1. The van der Waals surface area contributed by atoms with E-state index in [0.717, 1.165) is 11.4 Å². The molecular weight excluding hydrogens is 236 g/mol. The van der Waals surface area contributed by atoms with Gasteiger partial charge in [-0.1, -0.05) is 22.9 Å². The molecule has 6 heteroatoms. The number of amidine groups is 1. The third kappa shape index (κ3) is 2.79. The normalized spacial score (nSPS) is 11.5. The highest BCUT2D eigenvalue weighted by Crippen LogP contribution is 2.18. The van der Waals surface area contributed by atoms with Gasteiger partial charge in [0.25, 0.3) is 0 Å². The summed E-state index contributed by atoms with van der Waals surface area (Å²) in [5, 5.41) is 15.0. The summed E-state index contributed by atoms with van der Waals surface area (Å²) >= 11 is 1.20. The van der Waals surface area contributed by atoms with E-state index in [2.05, 4.69) is 14.8 Å². The van der Waals surface area contributed by atoms with E-state index in [1.165, 1.54) is 11.5 Å². The fourth-order valence-corrected chi connectivity index (χ4v) is 1.94. The van der Waals surface area contributed by atoms with Crippen LogP contribution in [-0.2, 0) is 7.05 Å². The van der Waals surface area contributed by atoms with Crippen LogP contribution in [0.4, 0.5) is 10.7 Å². The SMILES string of the molecule is Cc1c(/N=C(\[O-])Nc2ccccc2)sn[n+]1C. The van der Waals surface area contributed by atoms with E-state index >= 15 is 0 Å². The van der Waals surface area contributed by atoms with Gasteiger partial charge in [0, 0.05) is 12.6 Å². The zero-order chi connectivity index (χ0) is 12.3. The summed E-state index contributed by atoms with van der Waals surface area (Å²) in [6.45, 7) is 1.87. The maximum absolute atomic E-state index is 11.6. The zero-order valence-corrected chi connectivity index (χ0v) is 10.4. The number of nitrogens with zero attached hydrogens (tertiary/aromatic N) is 3. The van der Waals surface area contributed by atoms with E-state index in [1.807, 2.05) is 44.3 Å². The van der Waals surface area contributed by atoms with Gasteiger partial charge in [-0.25, -0.2) is 4.99 Å². The lowest BCUT2D eigenvalue weighted by Crippen LogP contribution is -2.32. The standard InChI is InChI=1S/C11H12N4OS/c1-8-10(17-14-15(8)2)13-11(16)12-9-6-4-3-5-7-9/h3-7H,1-2H3,(H-,12,13,14,16). The number of rotatable bonds is 2. The van der Waals surface area contributed by atoms with Gasteiger partial charge < -0.3 is 10.4 Å². The number of anilines is 1. The second kappa shape index (κ2) is 4.92. The Bertz CT molecular complexity index is 536. The Kier molecular flexibility index (Phi) is 3.34. The zero-order valence-electron chi connectivity index (χ0n) is 9.54. The molecule has 0 fully saturated rings. The topological polar surface area (TPSA) is 64.2 Å². The van der Waals surface area contributed by atoms with E-state index in [1.54, 1.807) is 4.68 Å². The largest absolute Gasteiger partial charge is 0.846 e. The van der Waals surface area contributed by atoms with E-state index in [0.29, 0.717) is 5.00 Å². The van der Waals surface area contributed by atoms with Crippen LogP contribution >= 0.6 is 11.5 Å². The Morgan fingerprint density at radius 3 is 2.71 bits per heavy atom. The molecule has 0 bridgehead atoms. The summed E-state index contributed by atoms with van der Waals surface area (Å²) in [6, 6.07) is 8.84. The van der Waals surface area contributed by atoms with Crippen LogP contribution in [0.3, 0.4) is 0 Å². The molecule has 2 rings (SSSR count). The highest BCUT2D eigenvalue weighted by atomic mass is 32.1. The van der Waals surface area contributed by atoms with Crippen molar-refractivity contribution in [2.24, 2.45) is 12.0 Å². The predicted molar refractivity (Wildman–Crippen MR) is 65.2 cm³/mol. The molecule has 0 aliphatic carbocycles. The van der Waals surface area contributed by atoms with Crippen molar-refractivity contribution in [3.63, 3.8) is 0 Å². The minimum absolute atomic E-state index is 0.386. The monoisotopic (exact) mass is 248 g/mol. The molecule has 0 aliphatic rings. The summed E-state index contributed by atoms with van der Waals surface area (Å²) in [5.74, 6) is 0. The number of aromatic nitrogens is 2. The first-order valence-corrected chi connectivity index (χ1v) is 5.84. The Labute approximate surface area is 103 Å². The molecule has 5 nitrogen and oxygen atoms in total. The fraction of sp³-hybridized carbons (Fsp3) is 0.182. The summed E-state index contributed by atoms with van der Waals surface area (Å²) < 4.78 is 5.75. The minimum atomic E-state index is -0.386. The summed E-state index contributed by atoms with van der Waals surface area (Å²) in [7, 11) is 1.82. The Morgan fingerprint density at radius 1 is 1.41 bits per heavy atom. The average molecular weight is 248 g/mol. The second-order valence-corrected chi connectivity index (χ2v) is 4.23. The van der Waals surface area contributed by atoms with Crippen LogP contribution in [0, 0.1) is 6.92 Å². The lowest BCUT2D eigenvalue weighted by molar-refractivity contribution is -0.728. The predicted octanol–water partition coefficient (Wildman–Crippen LogP) is 0.736. The van der Waals surface area contributed by atoms with Crippen molar-refractivity contribution in [2.45, 2.75) is 6.92 Å². The molecule has 2 aromatic rings. The average Bonchev–Trinajstić information content (AvgIpc) is 2.62. The number of hydrogen-bond acceptors (Lipinski definition) is 4. The Morgan fingerprint density at radius 2 is 2.12 bits per heavy atom. The third-order valence-electron chi connectivity index (χ3n) is 2.27. The molecule has 0 amide bonds. The van der Waals surface area contributed by atoms with Crippen molar-refractivity contribution in [2.75, 3.05) is 5.32 Å². The van der Waals surface area contributed by atoms with Crippen molar-refractivity contribution >= 4 is 28.2 Å². The van der Waals surface area contributed by atoms with Gasteiger partial charge in [0.15, 0.2) is 7.05 Å². The lowest BCUT2D eigenvalue weighted by Gasteiger charge is -2.12. The van der Waals surface area contributed by atoms with Crippen LogP contribution in [0.2, 0.25) is 0 Å². The van der Waals surface area contributed by atoms with Gasteiger partial charge in [-0.2, -0.15) is 0 Å². The summed E-state index contributed by atoms with van der Waals surface area (Å²) in [4.78, 5) is 3.96.